The fraction of sp³-hybridized carbons (Fsp3) is 0.467. The number of hydrogen-bond donors (Lipinski definition) is 6. The maximum Gasteiger partial charge on any atom is 0.303 e. The van der Waals surface area contributed by atoms with Crippen LogP contribution < -0.4 is 11.2 Å². The average molecular weight is 795 g/mol. The molecule has 3 rings (SSSR count). The summed E-state index contributed by atoms with van der Waals surface area (Å²) in [4.78, 5) is 64.5. The molecule has 0 spiro atoms. The van der Waals surface area contributed by atoms with Gasteiger partial charge in [-0.25, -0.2) is 5.48 Å². The third-order valence-corrected chi connectivity index (χ3v) is 8.15. The molecule has 12 heteroatoms. The van der Waals surface area contributed by atoms with Crippen molar-refractivity contribution in [2.75, 3.05) is 5.73 Å². The highest BCUT2D eigenvalue weighted by molar-refractivity contribution is 5.81. The van der Waals surface area contributed by atoms with E-state index in [1.807, 2.05) is 91.0 Å². The summed E-state index contributed by atoms with van der Waals surface area (Å²) in [5.74, 6) is -2.13. The van der Waals surface area contributed by atoms with Gasteiger partial charge in [-0.3, -0.25) is 34.0 Å². The van der Waals surface area contributed by atoms with Crippen molar-refractivity contribution in [1.29, 1.82) is 0 Å². The number of anilines is 1. The van der Waals surface area contributed by atoms with E-state index >= 15 is 0 Å². The highest BCUT2D eigenvalue weighted by Gasteiger charge is 2.05. The van der Waals surface area contributed by atoms with E-state index < -0.39 is 17.9 Å². The number of amides is 1. The van der Waals surface area contributed by atoms with Gasteiger partial charge in [-0.05, 0) is 61.8 Å². The number of ketones is 2. The molecule has 3 aromatic rings. The van der Waals surface area contributed by atoms with Crippen molar-refractivity contribution < 1.29 is 49.3 Å². The van der Waals surface area contributed by atoms with Crippen LogP contribution in [0.1, 0.15) is 134 Å². The van der Waals surface area contributed by atoms with Crippen molar-refractivity contribution in [3.63, 3.8) is 0 Å². The van der Waals surface area contributed by atoms with Crippen molar-refractivity contribution in [3.05, 3.63) is 102 Å². The number of nitrogens with two attached hydrogens (primary N) is 1. The van der Waals surface area contributed by atoms with Crippen molar-refractivity contribution in [1.82, 2.24) is 5.48 Å². The first-order chi connectivity index (χ1) is 26.9. The number of carbonyl (C=O) groups excluding carboxylic acids is 3. The van der Waals surface area contributed by atoms with Gasteiger partial charge in [0.25, 0.3) is 0 Å². The lowest BCUT2D eigenvalue weighted by Crippen LogP contribution is -2.17. The van der Waals surface area contributed by atoms with Crippen LogP contribution in [0.2, 0.25) is 0 Å². The maximum atomic E-state index is 11.7. The smallest absolute Gasteiger partial charge is 0.303 e. The molecule has 0 aromatic heterocycles. The number of benzene rings is 3. The predicted octanol–water partition coefficient (Wildman–Crippen LogP) is 9.27. The monoisotopic (exact) mass is 794 g/mol. The molecule has 0 saturated heterocycles. The second-order valence-electron chi connectivity index (χ2n) is 13.3. The lowest BCUT2D eigenvalue weighted by molar-refractivity contribution is -0.138. The Morgan fingerprint density at radius 3 is 0.965 bits per heavy atom. The number of carbonyl (C=O) groups is 6. The maximum absolute atomic E-state index is 11.7. The van der Waals surface area contributed by atoms with Crippen molar-refractivity contribution >= 4 is 41.1 Å². The Morgan fingerprint density at radius 1 is 0.421 bits per heavy atom. The van der Waals surface area contributed by atoms with Gasteiger partial charge in [0.1, 0.15) is 11.6 Å². The summed E-state index contributed by atoms with van der Waals surface area (Å²) in [5.41, 5.74) is 9.91. The highest BCUT2D eigenvalue weighted by Crippen LogP contribution is 2.10. The van der Waals surface area contributed by atoms with E-state index in [4.69, 9.17) is 26.3 Å². The number of hydroxylamine groups is 1. The molecule has 57 heavy (non-hydrogen) atoms. The lowest BCUT2D eigenvalue weighted by Gasteiger charge is -2.02. The number of unbranched alkanes of at least 4 members (excludes halogenated alkanes) is 9. The molecule has 0 saturated carbocycles. The van der Waals surface area contributed by atoms with Gasteiger partial charge in [-0.2, -0.15) is 0 Å². The van der Waals surface area contributed by atoms with Crippen LogP contribution in [0, 0.1) is 0 Å². The summed E-state index contributed by atoms with van der Waals surface area (Å²) < 4.78 is 0. The molecule has 0 heterocycles. The average Bonchev–Trinajstić information content (AvgIpc) is 3.17. The van der Waals surface area contributed by atoms with Gasteiger partial charge in [0.05, 0.1) is 0 Å². The van der Waals surface area contributed by atoms with Crippen LogP contribution >= 0.6 is 0 Å². The molecule has 0 bridgehead atoms. The predicted molar refractivity (Wildman–Crippen MR) is 224 cm³/mol. The van der Waals surface area contributed by atoms with Gasteiger partial charge in [0.15, 0.2) is 0 Å². The highest BCUT2D eigenvalue weighted by atomic mass is 16.5. The van der Waals surface area contributed by atoms with E-state index in [0.717, 1.165) is 74.6 Å². The molecule has 7 N–H and O–H groups in total. The summed E-state index contributed by atoms with van der Waals surface area (Å²) in [7, 11) is 0. The first-order valence-corrected chi connectivity index (χ1v) is 19.4. The Hall–Kier alpha value is -5.36. The molecular formula is C45H66N2O10. The summed E-state index contributed by atoms with van der Waals surface area (Å²) in [6.45, 7) is 0. The Labute approximate surface area is 338 Å². The van der Waals surface area contributed by atoms with E-state index in [2.05, 4.69) is 0 Å². The summed E-state index contributed by atoms with van der Waals surface area (Å²) in [6, 6.07) is 29.0. The number of para-hydroxylation sites is 1. The van der Waals surface area contributed by atoms with Crippen LogP contribution in [0.4, 0.5) is 5.69 Å². The summed E-state index contributed by atoms with van der Waals surface area (Å²) in [5, 5.41) is 33.3. The zero-order valence-electron chi connectivity index (χ0n) is 32.6. The minimum absolute atomic E-state index is 0. The normalized spacial score (nSPS) is 9.70. The van der Waals surface area contributed by atoms with Crippen molar-refractivity contribution in [2.24, 2.45) is 0 Å². The largest absolute Gasteiger partial charge is 0.481 e. The van der Waals surface area contributed by atoms with Crippen LogP contribution in [0.3, 0.4) is 0 Å². The topological polar surface area (TPSA) is 221 Å². The first kappa shape index (κ1) is 53.7. The Kier molecular flexibility index (Phi) is 35.4. The van der Waals surface area contributed by atoms with Gasteiger partial charge >= 0.3 is 17.9 Å². The quantitative estimate of drug-likeness (QED) is 0.0205. The number of nitrogen functional groups attached to an aromatic ring is 1. The zero-order valence-corrected chi connectivity index (χ0v) is 32.6. The van der Waals surface area contributed by atoms with Crippen molar-refractivity contribution in [2.45, 2.75) is 136 Å². The molecule has 0 aliphatic rings. The third-order valence-electron chi connectivity index (χ3n) is 8.15. The number of nitrogens with one attached hydrogen (secondary N) is 1. The summed E-state index contributed by atoms with van der Waals surface area (Å²) in [6.07, 6.45) is 12.9. The Bertz CT molecular complexity index is 1470. The fourth-order valence-electron chi connectivity index (χ4n) is 5.15. The number of carboxylic acid groups (broad SMARTS) is 3. The Balaban J connectivity index is 0. The van der Waals surface area contributed by atoms with E-state index in [0.29, 0.717) is 51.4 Å². The molecule has 316 valence electrons. The second kappa shape index (κ2) is 37.6. The zero-order chi connectivity index (χ0) is 41.7. The van der Waals surface area contributed by atoms with E-state index in [1.165, 1.54) is 0 Å². The van der Waals surface area contributed by atoms with Gasteiger partial charge in [0.2, 0.25) is 5.91 Å². The molecule has 0 aliphatic carbocycles. The van der Waals surface area contributed by atoms with Crippen LogP contribution in [-0.2, 0) is 41.6 Å². The minimum atomic E-state index is -0.784. The lowest BCUT2D eigenvalue weighted by atomic mass is 10.0. The van der Waals surface area contributed by atoms with Gasteiger partial charge < -0.3 is 21.1 Å². The molecular weight excluding hydrogens is 728 g/mol. The number of carboxylic acids is 3. The van der Waals surface area contributed by atoms with Gasteiger partial charge in [0, 0.05) is 57.1 Å². The summed E-state index contributed by atoms with van der Waals surface area (Å²) >= 11 is 0. The SMILES string of the molecule is C.Nc1ccccc1.O=C(CCCCCCC(=O)NO)Cc1ccccc1.O=C(O)CCCCCCC(=O)Cc1ccccc1.O=C(O)CCCCCCC(=O)O. The molecule has 0 radical (unpaired) electrons. The van der Waals surface area contributed by atoms with E-state index in [-0.39, 0.29) is 44.2 Å². The number of hydrogen-bond acceptors (Lipinski definition) is 8. The second-order valence-corrected chi connectivity index (χ2v) is 13.3. The van der Waals surface area contributed by atoms with Gasteiger partial charge in [-0.1, -0.05) is 125 Å². The number of aliphatic carboxylic acids is 3. The van der Waals surface area contributed by atoms with Crippen LogP contribution in [-0.4, -0.2) is 55.9 Å². The third kappa shape index (κ3) is 38.7. The van der Waals surface area contributed by atoms with Gasteiger partial charge in [-0.15, -0.1) is 0 Å². The molecule has 3 aromatic carbocycles. The molecule has 0 aliphatic heterocycles. The standard InChI is InChI=1S/C15H21NO3.C15H20O3.C8H14O4.C6H7N.CH4/c17-14(12-13-8-4-3-5-9-13)10-6-1-2-7-11-15(18)16-19;16-14(12-13-8-4-3-5-9-13)10-6-1-2-7-11-15(17)18;9-7(10)5-3-1-2-4-6-8(11)12;7-6-4-2-1-3-5-6;/h3-5,8-9,19H,1-2,6-7,10-12H2,(H,16,18);3-5,8-9H,1-2,6-7,10-12H2,(H,17,18);1-6H2,(H,9,10)(H,11,12);1-5H,7H2;1H4. The Morgan fingerprint density at radius 2 is 0.702 bits per heavy atom. The molecule has 12 nitrogen and oxygen atoms in total. The molecule has 1 amide bonds. The number of rotatable bonds is 25. The van der Waals surface area contributed by atoms with Crippen LogP contribution in [0.15, 0.2) is 91.0 Å². The molecule has 0 unspecified atom stereocenters. The van der Waals surface area contributed by atoms with Crippen molar-refractivity contribution in [3.8, 4) is 0 Å². The molecule has 0 atom stereocenters. The number of Topliss-reactive ketones (excluding diaryl/α,β-unsaturated/α-hetero) is 2. The molecule has 0 fully saturated rings. The minimum Gasteiger partial charge on any atom is -0.481 e. The van der Waals surface area contributed by atoms with Crippen LogP contribution in [0.5, 0.6) is 0 Å². The van der Waals surface area contributed by atoms with E-state index in [1.54, 1.807) is 5.48 Å². The van der Waals surface area contributed by atoms with Crippen LogP contribution in [0.25, 0.3) is 0 Å². The first-order valence-electron chi connectivity index (χ1n) is 19.4. The van der Waals surface area contributed by atoms with E-state index in [9.17, 15) is 28.8 Å². The fourth-order valence-corrected chi connectivity index (χ4v) is 5.15.